The van der Waals surface area contributed by atoms with Gasteiger partial charge in [-0.3, -0.25) is 0 Å². The van der Waals surface area contributed by atoms with E-state index in [1.807, 2.05) is 0 Å². The molecule has 1 aliphatic heterocycles. The van der Waals surface area contributed by atoms with Crippen LogP contribution < -0.4 is 0 Å². The predicted octanol–water partition coefficient (Wildman–Crippen LogP) is 2.48. The first-order chi connectivity index (χ1) is 5.38. The minimum Gasteiger partial charge on any atom is -0.301 e. The van der Waals surface area contributed by atoms with Gasteiger partial charge in [-0.1, -0.05) is 26.7 Å². The summed E-state index contributed by atoms with van der Waals surface area (Å²) in [7, 11) is 0. The summed E-state index contributed by atoms with van der Waals surface area (Å²) in [5, 5.41) is 0. The monoisotopic (exact) mass is 154 g/mol. The molecule has 0 bridgehead atoms. The van der Waals surface area contributed by atoms with Gasteiger partial charge in [-0.25, -0.2) is 0 Å². The van der Waals surface area contributed by atoms with Crippen LogP contribution >= 0.6 is 0 Å². The Kier molecular flexibility index (Phi) is 3.92. The van der Waals surface area contributed by atoms with Crippen molar-refractivity contribution in [2.75, 3.05) is 13.1 Å². The molecule has 0 aromatic rings. The van der Waals surface area contributed by atoms with E-state index >= 15 is 0 Å². The summed E-state index contributed by atoms with van der Waals surface area (Å²) >= 11 is 0. The lowest BCUT2D eigenvalue weighted by atomic mass is 10.1. The van der Waals surface area contributed by atoms with Crippen LogP contribution in [0.4, 0.5) is 0 Å². The Hall–Kier alpha value is -0.0400. The van der Waals surface area contributed by atoms with E-state index in [9.17, 15) is 0 Å². The lowest BCUT2D eigenvalue weighted by Gasteiger charge is -2.22. The fraction of sp³-hybridized carbons (Fsp3) is 0.900. The molecule has 11 heavy (non-hydrogen) atoms. The van der Waals surface area contributed by atoms with E-state index in [-0.39, 0.29) is 0 Å². The molecule has 1 heteroatoms. The molecule has 1 atom stereocenters. The second kappa shape index (κ2) is 4.76. The standard InChI is InChI=1S/C10H20N/c1-3-5-7-10-8-6-9-11(10)4-2/h10H,1,3-9H2,2H3. The second-order valence-corrected chi connectivity index (χ2v) is 3.42. The topological polar surface area (TPSA) is 3.24 Å². The third-order valence-electron chi connectivity index (χ3n) is 2.69. The van der Waals surface area contributed by atoms with Crippen molar-refractivity contribution in [3.63, 3.8) is 0 Å². The first kappa shape index (κ1) is 9.05. The number of rotatable bonds is 4. The van der Waals surface area contributed by atoms with Gasteiger partial charge in [-0.15, -0.1) is 0 Å². The first-order valence-electron chi connectivity index (χ1n) is 4.91. The van der Waals surface area contributed by atoms with Crippen LogP contribution in [0.2, 0.25) is 0 Å². The molecule has 1 aliphatic rings. The zero-order valence-electron chi connectivity index (χ0n) is 7.68. The summed E-state index contributed by atoms with van der Waals surface area (Å²) in [6.45, 7) is 8.71. The van der Waals surface area contributed by atoms with Crippen LogP contribution in [0.3, 0.4) is 0 Å². The van der Waals surface area contributed by atoms with Crippen LogP contribution in [0, 0.1) is 6.92 Å². The molecule has 0 spiro atoms. The van der Waals surface area contributed by atoms with Gasteiger partial charge in [0.05, 0.1) is 0 Å². The summed E-state index contributed by atoms with van der Waals surface area (Å²) in [4.78, 5) is 2.61. The number of hydrogen-bond acceptors (Lipinski definition) is 1. The summed E-state index contributed by atoms with van der Waals surface area (Å²) in [5.74, 6) is 0. The van der Waals surface area contributed by atoms with Crippen molar-refractivity contribution in [2.45, 2.75) is 45.1 Å². The Morgan fingerprint density at radius 2 is 2.36 bits per heavy atom. The van der Waals surface area contributed by atoms with E-state index < -0.39 is 0 Å². The predicted molar refractivity (Wildman–Crippen MR) is 49.5 cm³/mol. The van der Waals surface area contributed by atoms with Crippen molar-refractivity contribution < 1.29 is 0 Å². The number of unbranched alkanes of at least 4 members (excludes halogenated alkanes) is 1. The van der Waals surface area contributed by atoms with E-state index in [1.165, 1.54) is 38.8 Å². The molecule has 1 rings (SSSR count). The zero-order chi connectivity index (χ0) is 8.10. The van der Waals surface area contributed by atoms with Gasteiger partial charge >= 0.3 is 0 Å². The maximum absolute atomic E-state index is 3.88. The highest BCUT2D eigenvalue weighted by Gasteiger charge is 2.21. The van der Waals surface area contributed by atoms with Gasteiger partial charge in [-0.05, 0) is 32.4 Å². The molecule has 1 heterocycles. The van der Waals surface area contributed by atoms with Gasteiger partial charge in [0, 0.05) is 6.04 Å². The highest BCUT2D eigenvalue weighted by molar-refractivity contribution is 4.77. The van der Waals surface area contributed by atoms with Gasteiger partial charge < -0.3 is 4.90 Å². The molecule has 1 fully saturated rings. The highest BCUT2D eigenvalue weighted by atomic mass is 15.2. The molecule has 1 nitrogen and oxygen atoms in total. The van der Waals surface area contributed by atoms with Crippen molar-refractivity contribution in [3.8, 4) is 0 Å². The smallest absolute Gasteiger partial charge is 0.00956 e. The molecule has 0 aliphatic carbocycles. The molecule has 65 valence electrons. The molecule has 0 amide bonds. The third kappa shape index (κ3) is 2.48. The van der Waals surface area contributed by atoms with Crippen LogP contribution in [0.25, 0.3) is 0 Å². The number of hydrogen-bond donors (Lipinski definition) is 0. The van der Waals surface area contributed by atoms with Crippen LogP contribution in [0.5, 0.6) is 0 Å². The number of nitrogens with zero attached hydrogens (tertiary/aromatic N) is 1. The van der Waals surface area contributed by atoms with Crippen LogP contribution in [0.15, 0.2) is 0 Å². The van der Waals surface area contributed by atoms with Crippen molar-refractivity contribution in [1.29, 1.82) is 0 Å². The zero-order valence-corrected chi connectivity index (χ0v) is 7.68. The summed E-state index contributed by atoms with van der Waals surface area (Å²) < 4.78 is 0. The second-order valence-electron chi connectivity index (χ2n) is 3.42. The van der Waals surface area contributed by atoms with E-state index in [0.717, 1.165) is 12.5 Å². The minimum absolute atomic E-state index is 0.891. The summed E-state index contributed by atoms with van der Waals surface area (Å²) in [6, 6.07) is 0.891. The van der Waals surface area contributed by atoms with E-state index in [1.54, 1.807) is 0 Å². The average molecular weight is 154 g/mol. The van der Waals surface area contributed by atoms with Gasteiger partial charge in [0.1, 0.15) is 0 Å². The molecular formula is C10H20N. The Balaban J connectivity index is 2.20. The van der Waals surface area contributed by atoms with Crippen LogP contribution in [-0.4, -0.2) is 24.0 Å². The summed E-state index contributed by atoms with van der Waals surface area (Å²) in [6.07, 6.45) is 6.62. The Morgan fingerprint density at radius 3 is 3.00 bits per heavy atom. The van der Waals surface area contributed by atoms with Crippen molar-refractivity contribution in [3.05, 3.63) is 6.92 Å². The molecule has 0 saturated carbocycles. The average Bonchev–Trinajstić information content (AvgIpc) is 2.47. The molecular weight excluding hydrogens is 134 g/mol. The maximum atomic E-state index is 3.88. The van der Waals surface area contributed by atoms with Crippen molar-refractivity contribution in [2.24, 2.45) is 0 Å². The van der Waals surface area contributed by atoms with Gasteiger partial charge in [0.25, 0.3) is 0 Å². The first-order valence-corrected chi connectivity index (χ1v) is 4.91. The van der Waals surface area contributed by atoms with Gasteiger partial charge in [-0.2, -0.15) is 0 Å². The molecule has 0 aromatic heterocycles. The summed E-state index contributed by atoms with van der Waals surface area (Å²) in [5.41, 5.74) is 0. The molecule has 1 saturated heterocycles. The Labute approximate surface area is 70.8 Å². The highest BCUT2D eigenvalue weighted by Crippen LogP contribution is 2.20. The van der Waals surface area contributed by atoms with Gasteiger partial charge in [0.2, 0.25) is 0 Å². The minimum atomic E-state index is 0.891. The molecule has 1 radical (unpaired) electrons. The van der Waals surface area contributed by atoms with Crippen LogP contribution in [-0.2, 0) is 0 Å². The molecule has 0 N–H and O–H groups in total. The Bertz CT molecular complexity index is 101. The Morgan fingerprint density at radius 1 is 1.55 bits per heavy atom. The quantitative estimate of drug-likeness (QED) is 0.601. The maximum Gasteiger partial charge on any atom is 0.00956 e. The fourth-order valence-electron chi connectivity index (χ4n) is 2.02. The van der Waals surface area contributed by atoms with Crippen molar-refractivity contribution >= 4 is 0 Å². The normalized spacial score (nSPS) is 26.2. The molecule has 0 aromatic carbocycles. The molecule has 1 unspecified atom stereocenters. The third-order valence-corrected chi connectivity index (χ3v) is 2.69. The largest absolute Gasteiger partial charge is 0.301 e. The number of likely N-dealkylation sites (tertiary alicyclic amines) is 1. The van der Waals surface area contributed by atoms with Crippen LogP contribution in [0.1, 0.15) is 39.0 Å². The fourth-order valence-corrected chi connectivity index (χ4v) is 2.02. The van der Waals surface area contributed by atoms with E-state index in [0.29, 0.717) is 0 Å². The lowest BCUT2D eigenvalue weighted by Crippen LogP contribution is -2.28. The van der Waals surface area contributed by atoms with E-state index in [4.69, 9.17) is 0 Å². The van der Waals surface area contributed by atoms with Gasteiger partial charge in [0.15, 0.2) is 0 Å². The SMILES string of the molecule is [CH2]CCCC1CCCN1CC. The van der Waals surface area contributed by atoms with Crippen molar-refractivity contribution in [1.82, 2.24) is 4.90 Å². The lowest BCUT2D eigenvalue weighted by molar-refractivity contribution is 0.252. The van der Waals surface area contributed by atoms with E-state index in [2.05, 4.69) is 18.7 Å².